The SMILES string of the molecule is COc1cc(CNCCO)cc(Cl)c1OCc1cccnc1.[Cl-].[Cl-]. The van der Waals surface area contributed by atoms with E-state index in [9.17, 15) is 0 Å². The fraction of sp³-hybridized carbons (Fsp3) is 0.312. The second-order valence-corrected chi connectivity index (χ2v) is 5.07. The van der Waals surface area contributed by atoms with Crippen molar-refractivity contribution in [3.63, 3.8) is 0 Å². The molecule has 0 saturated carbocycles. The van der Waals surface area contributed by atoms with Crippen LogP contribution in [0.25, 0.3) is 0 Å². The predicted octanol–water partition coefficient (Wildman–Crippen LogP) is -3.59. The van der Waals surface area contributed by atoms with Gasteiger partial charge in [-0.1, -0.05) is 17.7 Å². The number of halogens is 3. The summed E-state index contributed by atoms with van der Waals surface area (Å²) in [6.45, 7) is 1.59. The monoisotopic (exact) mass is 392 g/mol. The van der Waals surface area contributed by atoms with Crippen LogP contribution in [0.1, 0.15) is 11.1 Å². The third-order valence-corrected chi connectivity index (χ3v) is 3.29. The number of methoxy groups -OCH3 is 1. The fourth-order valence-corrected chi connectivity index (χ4v) is 2.25. The van der Waals surface area contributed by atoms with Gasteiger partial charge in [-0.05, 0) is 23.8 Å². The summed E-state index contributed by atoms with van der Waals surface area (Å²) in [5, 5.41) is 12.4. The van der Waals surface area contributed by atoms with Crippen LogP contribution in [0.15, 0.2) is 36.7 Å². The molecular formula is C16H19Cl3N2O3-2. The van der Waals surface area contributed by atoms with Gasteiger partial charge in [0.15, 0.2) is 11.5 Å². The summed E-state index contributed by atoms with van der Waals surface area (Å²) in [6, 6.07) is 7.48. The average molecular weight is 394 g/mol. The van der Waals surface area contributed by atoms with Crippen molar-refractivity contribution in [2.45, 2.75) is 13.2 Å². The maximum Gasteiger partial charge on any atom is 0.180 e. The highest BCUT2D eigenvalue weighted by molar-refractivity contribution is 6.32. The highest BCUT2D eigenvalue weighted by Crippen LogP contribution is 2.36. The van der Waals surface area contributed by atoms with E-state index < -0.39 is 0 Å². The topological polar surface area (TPSA) is 63.6 Å². The molecule has 1 aromatic heterocycles. The number of hydrogen-bond donors (Lipinski definition) is 2. The molecule has 1 aromatic carbocycles. The van der Waals surface area contributed by atoms with Crippen LogP contribution in [0, 0.1) is 0 Å². The Bertz CT molecular complexity index is 601. The summed E-state index contributed by atoms with van der Waals surface area (Å²) in [5.74, 6) is 1.09. The van der Waals surface area contributed by atoms with Gasteiger partial charge in [0.05, 0.1) is 18.7 Å². The Balaban J connectivity index is 0.00000264. The van der Waals surface area contributed by atoms with Gasteiger partial charge in [0.1, 0.15) is 6.61 Å². The molecule has 0 radical (unpaired) electrons. The van der Waals surface area contributed by atoms with E-state index in [1.807, 2.05) is 24.3 Å². The van der Waals surface area contributed by atoms with Crippen LogP contribution >= 0.6 is 11.6 Å². The molecule has 0 aliphatic rings. The molecule has 2 aromatic rings. The van der Waals surface area contributed by atoms with Gasteiger partial charge in [-0.3, -0.25) is 4.98 Å². The Morgan fingerprint density at radius 3 is 2.67 bits per heavy atom. The molecular weight excluding hydrogens is 375 g/mol. The van der Waals surface area contributed by atoms with E-state index in [0.29, 0.717) is 36.2 Å². The molecule has 2 rings (SSSR count). The Kier molecular flexibility index (Phi) is 11.5. The van der Waals surface area contributed by atoms with Gasteiger partial charge in [0, 0.05) is 31.0 Å². The van der Waals surface area contributed by atoms with E-state index in [2.05, 4.69) is 10.3 Å². The number of nitrogens with one attached hydrogen (secondary N) is 1. The third-order valence-electron chi connectivity index (χ3n) is 3.01. The lowest BCUT2D eigenvalue weighted by atomic mass is 10.2. The van der Waals surface area contributed by atoms with E-state index >= 15 is 0 Å². The molecule has 0 aliphatic heterocycles. The number of benzene rings is 1. The van der Waals surface area contributed by atoms with E-state index in [0.717, 1.165) is 11.1 Å². The second kappa shape index (κ2) is 12.2. The molecule has 0 unspecified atom stereocenters. The summed E-state index contributed by atoms with van der Waals surface area (Å²) in [5.41, 5.74) is 1.92. The molecule has 24 heavy (non-hydrogen) atoms. The number of nitrogens with zero attached hydrogens (tertiary/aromatic N) is 1. The lowest BCUT2D eigenvalue weighted by Crippen LogP contribution is -3.00. The number of aromatic nitrogens is 1. The molecule has 8 heteroatoms. The number of aliphatic hydroxyl groups excluding tert-OH is 1. The second-order valence-electron chi connectivity index (χ2n) is 4.66. The van der Waals surface area contributed by atoms with E-state index in [1.54, 1.807) is 19.5 Å². The van der Waals surface area contributed by atoms with Crippen LogP contribution < -0.4 is 39.6 Å². The lowest BCUT2D eigenvalue weighted by molar-refractivity contribution is -0.00100. The maximum absolute atomic E-state index is 8.78. The van der Waals surface area contributed by atoms with Gasteiger partial charge < -0.3 is 44.7 Å². The van der Waals surface area contributed by atoms with E-state index in [4.69, 9.17) is 26.2 Å². The first kappa shape index (κ1) is 22.8. The third kappa shape index (κ3) is 6.71. The average Bonchev–Trinajstić information content (AvgIpc) is 2.54. The largest absolute Gasteiger partial charge is 1.00 e. The fourth-order valence-electron chi connectivity index (χ4n) is 1.97. The number of rotatable bonds is 8. The first-order valence-corrected chi connectivity index (χ1v) is 7.32. The van der Waals surface area contributed by atoms with Crippen molar-refractivity contribution in [3.05, 3.63) is 52.8 Å². The minimum atomic E-state index is 0. The normalized spacial score (nSPS) is 9.62. The van der Waals surface area contributed by atoms with Gasteiger partial charge in [-0.2, -0.15) is 0 Å². The van der Waals surface area contributed by atoms with E-state index in [-0.39, 0.29) is 31.4 Å². The molecule has 2 N–H and O–H groups in total. The standard InChI is InChI=1S/C16H19ClN2O3.2ClH/c1-21-15-8-13(10-19-5-6-20)7-14(17)16(15)22-11-12-3-2-4-18-9-12;;/h2-4,7-9,19-20H,5-6,10-11H2,1H3;2*1H/p-2. The highest BCUT2D eigenvalue weighted by atomic mass is 35.5. The van der Waals surface area contributed by atoms with Crippen molar-refractivity contribution in [1.82, 2.24) is 10.3 Å². The quantitative estimate of drug-likeness (QED) is 0.454. The van der Waals surface area contributed by atoms with Crippen LogP contribution in [0.4, 0.5) is 0 Å². The van der Waals surface area contributed by atoms with Crippen LogP contribution in [-0.2, 0) is 13.2 Å². The first-order chi connectivity index (χ1) is 10.7. The summed E-state index contributed by atoms with van der Waals surface area (Å²) in [7, 11) is 1.58. The minimum absolute atomic E-state index is 0. The summed E-state index contributed by atoms with van der Waals surface area (Å²) < 4.78 is 11.1. The molecule has 0 amide bonds. The zero-order chi connectivity index (χ0) is 15.8. The van der Waals surface area contributed by atoms with Crippen molar-refractivity contribution in [3.8, 4) is 11.5 Å². The van der Waals surface area contributed by atoms with Crippen molar-refractivity contribution in [1.29, 1.82) is 0 Å². The molecule has 0 saturated heterocycles. The van der Waals surface area contributed by atoms with Crippen LogP contribution in [0.3, 0.4) is 0 Å². The van der Waals surface area contributed by atoms with Crippen molar-refractivity contribution in [2.75, 3.05) is 20.3 Å². The van der Waals surface area contributed by atoms with Crippen molar-refractivity contribution >= 4 is 11.6 Å². The first-order valence-electron chi connectivity index (χ1n) is 6.94. The summed E-state index contributed by atoms with van der Waals surface area (Å²) >= 11 is 6.29. The smallest absolute Gasteiger partial charge is 0.180 e. The molecule has 0 spiro atoms. The van der Waals surface area contributed by atoms with Gasteiger partial charge in [-0.25, -0.2) is 0 Å². The molecule has 0 bridgehead atoms. The number of aliphatic hydroxyl groups is 1. The predicted molar refractivity (Wildman–Crippen MR) is 85.4 cm³/mol. The highest BCUT2D eigenvalue weighted by Gasteiger charge is 2.12. The molecule has 134 valence electrons. The Hall–Kier alpha value is -1.24. The molecule has 1 heterocycles. The van der Waals surface area contributed by atoms with Gasteiger partial charge in [0.2, 0.25) is 0 Å². The Labute approximate surface area is 159 Å². The van der Waals surface area contributed by atoms with Gasteiger partial charge >= 0.3 is 0 Å². The van der Waals surface area contributed by atoms with Gasteiger partial charge in [0.25, 0.3) is 0 Å². The van der Waals surface area contributed by atoms with Crippen LogP contribution in [-0.4, -0.2) is 30.4 Å². The lowest BCUT2D eigenvalue weighted by Gasteiger charge is -2.14. The molecule has 5 nitrogen and oxygen atoms in total. The molecule has 0 aliphatic carbocycles. The molecule has 0 fully saturated rings. The minimum Gasteiger partial charge on any atom is -1.00 e. The zero-order valence-corrected chi connectivity index (χ0v) is 15.4. The Morgan fingerprint density at radius 2 is 2.04 bits per heavy atom. The van der Waals surface area contributed by atoms with Crippen molar-refractivity contribution < 1.29 is 39.4 Å². The summed E-state index contributed by atoms with van der Waals surface area (Å²) in [4.78, 5) is 4.04. The van der Waals surface area contributed by atoms with Crippen LogP contribution in [0.5, 0.6) is 11.5 Å². The zero-order valence-electron chi connectivity index (χ0n) is 13.1. The number of pyridine rings is 1. The Morgan fingerprint density at radius 1 is 1.25 bits per heavy atom. The van der Waals surface area contributed by atoms with Crippen LogP contribution in [0.2, 0.25) is 5.02 Å². The number of ether oxygens (including phenoxy) is 2. The number of hydrogen-bond acceptors (Lipinski definition) is 5. The van der Waals surface area contributed by atoms with E-state index in [1.165, 1.54) is 0 Å². The summed E-state index contributed by atoms with van der Waals surface area (Å²) in [6.07, 6.45) is 3.46. The van der Waals surface area contributed by atoms with Crippen molar-refractivity contribution in [2.24, 2.45) is 0 Å². The maximum atomic E-state index is 8.78. The van der Waals surface area contributed by atoms with Gasteiger partial charge in [-0.15, -0.1) is 0 Å². The molecule has 0 atom stereocenters.